The van der Waals surface area contributed by atoms with E-state index in [2.05, 4.69) is 24.2 Å². The number of rotatable bonds is 10. The van der Waals surface area contributed by atoms with Crippen LogP contribution in [0.5, 0.6) is 5.75 Å². The van der Waals surface area contributed by atoms with E-state index < -0.39 is 0 Å². The number of ether oxygens (including phenoxy) is 3. The van der Waals surface area contributed by atoms with Crippen LogP contribution in [-0.2, 0) is 16.1 Å². The molecule has 27 heavy (non-hydrogen) atoms. The van der Waals surface area contributed by atoms with Gasteiger partial charge in [-0.1, -0.05) is 12.1 Å². The molecule has 1 atom stereocenters. The fourth-order valence-electron chi connectivity index (χ4n) is 2.93. The van der Waals surface area contributed by atoms with Gasteiger partial charge < -0.3 is 24.4 Å². The van der Waals surface area contributed by atoms with E-state index in [4.69, 9.17) is 19.2 Å². The Labute approximate surface area is 180 Å². The molecule has 1 aliphatic heterocycles. The maximum atomic E-state index is 5.74. The van der Waals surface area contributed by atoms with Crippen LogP contribution in [0.25, 0.3) is 0 Å². The molecule has 0 aromatic heterocycles. The molecule has 1 aromatic rings. The molecule has 0 aliphatic carbocycles. The van der Waals surface area contributed by atoms with Crippen molar-refractivity contribution in [2.75, 3.05) is 53.6 Å². The second-order valence-corrected chi connectivity index (χ2v) is 6.60. The maximum absolute atomic E-state index is 5.74. The van der Waals surface area contributed by atoms with Gasteiger partial charge in [-0.05, 0) is 37.5 Å². The number of hydrogen-bond donors (Lipinski definition) is 1. The normalized spacial score (nSPS) is 16.7. The van der Waals surface area contributed by atoms with E-state index in [1.807, 2.05) is 24.3 Å². The quantitative estimate of drug-likeness (QED) is 0.236. The molecule has 1 aliphatic rings. The topological polar surface area (TPSA) is 55.3 Å². The predicted octanol–water partition coefficient (Wildman–Crippen LogP) is 3.15. The Morgan fingerprint density at radius 2 is 2.11 bits per heavy atom. The van der Waals surface area contributed by atoms with Crippen molar-refractivity contribution < 1.29 is 14.2 Å². The average molecular weight is 491 g/mol. The van der Waals surface area contributed by atoms with Crippen LogP contribution in [0.3, 0.4) is 0 Å². The number of guanidine groups is 1. The average Bonchev–Trinajstić information content (AvgIpc) is 3.17. The van der Waals surface area contributed by atoms with Crippen molar-refractivity contribution in [3.05, 3.63) is 29.8 Å². The Kier molecular flexibility index (Phi) is 12.4. The van der Waals surface area contributed by atoms with Crippen molar-refractivity contribution in [3.8, 4) is 5.75 Å². The third-order valence-electron chi connectivity index (χ3n) is 4.39. The summed E-state index contributed by atoms with van der Waals surface area (Å²) in [7, 11) is 3.77. The summed E-state index contributed by atoms with van der Waals surface area (Å²) in [6.07, 6.45) is 2.05. The summed E-state index contributed by atoms with van der Waals surface area (Å²) >= 11 is 0. The van der Waals surface area contributed by atoms with E-state index in [1.165, 1.54) is 0 Å². The highest BCUT2D eigenvalue weighted by molar-refractivity contribution is 14.0. The standard InChI is InChI=1S/C20H33N3O3.HI/c1-4-21-20(23(2)14-18-10-13-26-16-18)22-11-5-12-25-15-17-6-8-19(24-3)9-7-17;/h6-9,18H,4-5,10-16H2,1-3H3,(H,21,22);1H. The molecule has 1 fully saturated rings. The number of hydrogen-bond acceptors (Lipinski definition) is 4. The number of methoxy groups -OCH3 is 1. The lowest BCUT2D eigenvalue weighted by Crippen LogP contribution is -2.41. The van der Waals surface area contributed by atoms with Crippen LogP contribution in [-0.4, -0.2) is 64.5 Å². The summed E-state index contributed by atoms with van der Waals surface area (Å²) in [4.78, 5) is 6.93. The Balaban J connectivity index is 0.00000364. The Hall–Kier alpha value is -1.06. The third-order valence-corrected chi connectivity index (χ3v) is 4.39. The molecule has 7 heteroatoms. The zero-order chi connectivity index (χ0) is 18.6. The largest absolute Gasteiger partial charge is 0.497 e. The lowest BCUT2D eigenvalue weighted by molar-refractivity contribution is 0.120. The van der Waals surface area contributed by atoms with Crippen molar-refractivity contribution >= 4 is 29.9 Å². The summed E-state index contributed by atoms with van der Waals surface area (Å²) in [5.41, 5.74) is 1.15. The van der Waals surface area contributed by atoms with Gasteiger partial charge in [0.1, 0.15) is 5.75 Å². The third kappa shape index (κ3) is 9.12. The van der Waals surface area contributed by atoms with Crippen LogP contribution >= 0.6 is 24.0 Å². The van der Waals surface area contributed by atoms with Gasteiger partial charge in [-0.25, -0.2) is 0 Å². The number of benzene rings is 1. The van der Waals surface area contributed by atoms with Crippen LogP contribution < -0.4 is 10.1 Å². The van der Waals surface area contributed by atoms with E-state index in [0.29, 0.717) is 19.1 Å². The number of nitrogens with zero attached hydrogens (tertiary/aromatic N) is 2. The molecule has 1 aromatic carbocycles. The minimum atomic E-state index is 0. The molecule has 0 amide bonds. The van der Waals surface area contributed by atoms with Crippen molar-refractivity contribution in [2.45, 2.75) is 26.4 Å². The van der Waals surface area contributed by atoms with Crippen molar-refractivity contribution in [2.24, 2.45) is 10.9 Å². The molecular weight excluding hydrogens is 457 g/mol. The smallest absolute Gasteiger partial charge is 0.193 e. The highest BCUT2D eigenvalue weighted by atomic mass is 127. The summed E-state index contributed by atoms with van der Waals surface area (Å²) in [6.45, 7) is 7.79. The van der Waals surface area contributed by atoms with Gasteiger partial charge in [-0.3, -0.25) is 4.99 Å². The first-order chi connectivity index (χ1) is 12.7. The fourth-order valence-corrected chi connectivity index (χ4v) is 2.93. The van der Waals surface area contributed by atoms with Gasteiger partial charge in [-0.15, -0.1) is 24.0 Å². The second kappa shape index (κ2) is 14.0. The van der Waals surface area contributed by atoms with E-state index >= 15 is 0 Å². The van der Waals surface area contributed by atoms with Gasteiger partial charge in [0.2, 0.25) is 0 Å². The highest BCUT2D eigenvalue weighted by Gasteiger charge is 2.18. The van der Waals surface area contributed by atoms with Gasteiger partial charge in [0.15, 0.2) is 5.96 Å². The molecule has 1 heterocycles. The van der Waals surface area contributed by atoms with E-state index in [9.17, 15) is 0 Å². The lowest BCUT2D eigenvalue weighted by atomic mass is 10.1. The SMILES string of the molecule is CCNC(=NCCCOCc1ccc(OC)cc1)N(C)CC1CCOC1.I. The second-order valence-electron chi connectivity index (χ2n) is 6.60. The molecule has 0 saturated carbocycles. The van der Waals surface area contributed by atoms with Crippen LogP contribution in [0.2, 0.25) is 0 Å². The van der Waals surface area contributed by atoms with Crippen molar-refractivity contribution in [1.29, 1.82) is 0 Å². The van der Waals surface area contributed by atoms with Gasteiger partial charge in [-0.2, -0.15) is 0 Å². The van der Waals surface area contributed by atoms with Crippen LogP contribution in [0.15, 0.2) is 29.3 Å². The molecule has 0 radical (unpaired) electrons. The minimum absolute atomic E-state index is 0. The Bertz CT molecular complexity index is 534. The zero-order valence-corrected chi connectivity index (χ0v) is 19.1. The summed E-state index contributed by atoms with van der Waals surface area (Å²) < 4.78 is 16.4. The first-order valence-corrected chi connectivity index (χ1v) is 9.50. The summed E-state index contributed by atoms with van der Waals surface area (Å²) in [5, 5.41) is 3.37. The fraction of sp³-hybridized carbons (Fsp3) is 0.650. The Morgan fingerprint density at radius 1 is 1.33 bits per heavy atom. The first kappa shape index (κ1) is 24.0. The first-order valence-electron chi connectivity index (χ1n) is 9.50. The molecular formula is C20H34IN3O3. The van der Waals surface area contributed by atoms with Crippen molar-refractivity contribution in [3.63, 3.8) is 0 Å². The van der Waals surface area contributed by atoms with Gasteiger partial charge >= 0.3 is 0 Å². The molecule has 0 bridgehead atoms. The molecule has 1 saturated heterocycles. The highest BCUT2D eigenvalue weighted by Crippen LogP contribution is 2.13. The molecule has 1 unspecified atom stereocenters. The van der Waals surface area contributed by atoms with Gasteiger partial charge in [0.05, 0.1) is 20.3 Å². The monoisotopic (exact) mass is 491 g/mol. The minimum Gasteiger partial charge on any atom is -0.497 e. The van der Waals surface area contributed by atoms with E-state index in [-0.39, 0.29) is 24.0 Å². The molecule has 2 rings (SSSR count). The van der Waals surface area contributed by atoms with E-state index in [1.54, 1.807) is 7.11 Å². The molecule has 1 N–H and O–H groups in total. The molecule has 6 nitrogen and oxygen atoms in total. The predicted molar refractivity (Wildman–Crippen MR) is 120 cm³/mol. The number of halogens is 1. The summed E-state index contributed by atoms with van der Waals surface area (Å²) in [6, 6.07) is 7.97. The lowest BCUT2D eigenvalue weighted by Gasteiger charge is -2.24. The van der Waals surface area contributed by atoms with Crippen molar-refractivity contribution in [1.82, 2.24) is 10.2 Å². The van der Waals surface area contributed by atoms with Crippen LogP contribution in [0.1, 0.15) is 25.3 Å². The van der Waals surface area contributed by atoms with Gasteiger partial charge in [0, 0.05) is 45.8 Å². The van der Waals surface area contributed by atoms with Crippen LogP contribution in [0, 0.1) is 5.92 Å². The molecule has 0 spiro atoms. The van der Waals surface area contributed by atoms with Crippen LogP contribution in [0.4, 0.5) is 0 Å². The number of nitrogens with one attached hydrogen (secondary N) is 1. The number of aliphatic imine (C=N–C) groups is 1. The molecule has 154 valence electrons. The maximum Gasteiger partial charge on any atom is 0.193 e. The zero-order valence-electron chi connectivity index (χ0n) is 16.8. The summed E-state index contributed by atoms with van der Waals surface area (Å²) in [5.74, 6) is 2.44. The van der Waals surface area contributed by atoms with E-state index in [0.717, 1.165) is 63.0 Å². The van der Waals surface area contributed by atoms with Gasteiger partial charge in [0.25, 0.3) is 0 Å². The Morgan fingerprint density at radius 3 is 2.74 bits per heavy atom.